The molecular formula is C15H26ClN3. The second-order valence-electron chi connectivity index (χ2n) is 5.10. The normalized spacial score (nSPS) is 11.1. The van der Waals surface area contributed by atoms with Crippen LogP contribution in [-0.4, -0.2) is 45.7 Å². The van der Waals surface area contributed by atoms with Crippen LogP contribution >= 0.6 is 11.6 Å². The number of halogens is 1. The summed E-state index contributed by atoms with van der Waals surface area (Å²) in [5.41, 5.74) is 2.42. The maximum atomic E-state index is 6.32. The molecule has 0 unspecified atom stereocenters. The maximum Gasteiger partial charge on any atom is 0.0471 e. The van der Waals surface area contributed by atoms with Crippen LogP contribution in [0.2, 0.25) is 5.02 Å². The fraction of sp³-hybridized carbons (Fsp3) is 0.600. The van der Waals surface area contributed by atoms with Gasteiger partial charge in [0.15, 0.2) is 0 Å². The van der Waals surface area contributed by atoms with Gasteiger partial charge in [-0.2, -0.15) is 0 Å². The third kappa shape index (κ3) is 5.39. The molecule has 1 rings (SSSR count). The number of hydrogen-bond donors (Lipinski definition) is 1. The minimum Gasteiger partial charge on any atom is -0.374 e. The van der Waals surface area contributed by atoms with E-state index in [4.69, 9.17) is 11.6 Å². The summed E-state index contributed by atoms with van der Waals surface area (Å²) in [7, 11) is 6.35. The molecule has 0 atom stereocenters. The summed E-state index contributed by atoms with van der Waals surface area (Å²) < 4.78 is 0. The summed E-state index contributed by atoms with van der Waals surface area (Å²) in [5, 5.41) is 4.20. The average molecular weight is 284 g/mol. The van der Waals surface area contributed by atoms with Gasteiger partial charge < -0.3 is 15.1 Å². The van der Waals surface area contributed by atoms with E-state index in [2.05, 4.69) is 49.2 Å². The highest BCUT2D eigenvalue weighted by molar-refractivity contribution is 6.31. The third-order valence-electron chi connectivity index (χ3n) is 3.16. The fourth-order valence-electron chi connectivity index (χ4n) is 2.07. The van der Waals surface area contributed by atoms with E-state index in [0.29, 0.717) is 0 Å². The molecule has 0 aliphatic carbocycles. The highest BCUT2D eigenvalue weighted by Gasteiger charge is 2.10. The topological polar surface area (TPSA) is 18.5 Å². The molecule has 0 amide bonds. The molecule has 0 saturated heterocycles. The number of hydrogen-bond acceptors (Lipinski definition) is 3. The summed E-state index contributed by atoms with van der Waals surface area (Å²) >= 11 is 6.32. The average Bonchev–Trinajstić information content (AvgIpc) is 2.36. The Labute approximate surface area is 122 Å². The minimum atomic E-state index is 0.823. The SMILES string of the molecule is CCNCc1c(Cl)cccc1N(C)CCCN(C)C. The zero-order valence-electron chi connectivity index (χ0n) is 12.5. The first kappa shape index (κ1) is 16.3. The van der Waals surface area contributed by atoms with Crippen LogP contribution in [0.25, 0.3) is 0 Å². The first-order valence-corrected chi connectivity index (χ1v) is 7.28. The first-order valence-electron chi connectivity index (χ1n) is 6.90. The van der Waals surface area contributed by atoms with E-state index in [0.717, 1.165) is 37.6 Å². The molecule has 0 bridgehead atoms. The summed E-state index contributed by atoms with van der Waals surface area (Å²) in [6.07, 6.45) is 1.15. The van der Waals surface area contributed by atoms with Gasteiger partial charge in [0.25, 0.3) is 0 Å². The maximum absolute atomic E-state index is 6.32. The molecule has 0 aliphatic rings. The van der Waals surface area contributed by atoms with Crippen molar-refractivity contribution < 1.29 is 0 Å². The molecule has 0 fully saturated rings. The molecule has 0 aromatic heterocycles. The van der Waals surface area contributed by atoms with Crippen molar-refractivity contribution in [3.05, 3.63) is 28.8 Å². The minimum absolute atomic E-state index is 0.823. The molecule has 108 valence electrons. The molecule has 3 nitrogen and oxygen atoms in total. The predicted octanol–water partition coefficient (Wildman–Crippen LogP) is 2.84. The number of benzene rings is 1. The standard InChI is InChI=1S/C15H26ClN3/c1-5-17-12-13-14(16)8-6-9-15(13)19(4)11-7-10-18(2)3/h6,8-9,17H,5,7,10-12H2,1-4H3. The van der Waals surface area contributed by atoms with Gasteiger partial charge in [-0.05, 0) is 45.7 Å². The van der Waals surface area contributed by atoms with Crippen LogP contribution in [0.15, 0.2) is 18.2 Å². The molecule has 0 aliphatic heterocycles. The molecule has 1 aromatic carbocycles. The van der Waals surface area contributed by atoms with Crippen molar-refractivity contribution in [2.45, 2.75) is 19.9 Å². The van der Waals surface area contributed by atoms with Crippen LogP contribution in [0.5, 0.6) is 0 Å². The second-order valence-corrected chi connectivity index (χ2v) is 5.50. The number of anilines is 1. The van der Waals surface area contributed by atoms with Crippen LogP contribution in [-0.2, 0) is 6.54 Å². The van der Waals surface area contributed by atoms with E-state index in [9.17, 15) is 0 Å². The molecule has 4 heteroatoms. The zero-order valence-corrected chi connectivity index (χ0v) is 13.3. The van der Waals surface area contributed by atoms with E-state index in [1.165, 1.54) is 11.3 Å². The summed E-state index contributed by atoms with van der Waals surface area (Å²) in [4.78, 5) is 4.51. The Morgan fingerprint density at radius 2 is 1.89 bits per heavy atom. The fourth-order valence-corrected chi connectivity index (χ4v) is 2.31. The summed E-state index contributed by atoms with van der Waals surface area (Å²) in [5.74, 6) is 0. The van der Waals surface area contributed by atoms with E-state index in [1.807, 2.05) is 12.1 Å². The number of nitrogens with zero attached hydrogens (tertiary/aromatic N) is 2. The van der Waals surface area contributed by atoms with Gasteiger partial charge in [0.2, 0.25) is 0 Å². The molecule has 0 saturated carbocycles. The Morgan fingerprint density at radius 1 is 1.16 bits per heavy atom. The van der Waals surface area contributed by atoms with E-state index >= 15 is 0 Å². The van der Waals surface area contributed by atoms with Gasteiger partial charge in [0.1, 0.15) is 0 Å². The van der Waals surface area contributed by atoms with Crippen molar-refractivity contribution in [2.75, 3.05) is 45.7 Å². The molecule has 0 spiro atoms. The van der Waals surface area contributed by atoms with Crippen molar-refractivity contribution in [2.24, 2.45) is 0 Å². The van der Waals surface area contributed by atoms with Crippen molar-refractivity contribution in [1.29, 1.82) is 0 Å². The lowest BCUT2D eigenvalue weighted by Gasteiger charge is -2.24. The lowest BCUT2D eigenvalue weighted by atomic mass is 10.1. The lowest BCUT2D eigenvalue weighted by Crippen LogP contribution is -2.25. The highest BCUT2D eigenvalue weighted by atomic mass is 35.5. The molecule has 0 heterocycles. The van der Waals surface area contributed by atoms with Gasteiger partial charge >= 0.3 is 0 Å². The third-order valence-corrected chi connectivity index (χ3v) is 3.51. The molecule has 19 heavy (non-hydrogen) atoms. The van der Waals surface area contributed by atoms with Crippen molar-refractivity contribution in [3.63, 3.8) is 0 Å². The van der Waals surface area contributed by atoms with Crippen molar-refractivity contribution in [3.8, 4) is 0 Å². The Kier molecular flexibility index (Phi) is 7.21. The molecule has 0 radical (unpaired) electrons. The molecular weight excluding hydrogens is 258 g/mol. The van der Waals surface area contributed by atoms with Gasteiger partial charge in [-0.3, -0.25) is 0 Å². The van der Waals surface area contributed by atoms with Crippen LogP contribution < -0.4 is 10.2 Å². The van der Waals surface area contributed by atoms with Crippen molar-refractivity contribution in [1.82, 2.24) is 10.2 Å². The van der Waals surface area contributed by atoms with Crippen LogP contribution in [0.4, 0.5) is 5.69 Å². The Hall–Kier alpha value is -0.770. The van der Waals surface area contributed by atoms with Crippen molar-refractivity contribution >= 4 is 17.3 Å². The van der Waals surface area contributed by atoms with Crippen LogP contribution in [0.1, 0.15) is 18.9 Å². The van der Waals surface area contributed by atoms with Gasteiger partial charge in [0.05, 0.1) is 0 Å². The van der Waals surface area contributed by atoms with Gasteiger partial charge in [-0.25, -0.2) is 0 Å². The largest absolute Gasteiger partial charge is 0.374 e. The lowest BCUT2D eigenvalue weighted by molar-refractivity contribution is 0.401. The Balaban J connectivity index is 2.71. The van der Waals surface area contributed by atoms with Gasteiger partial charge in [-0.1, -0.05) is 24.6 Å². The zero-order chi connectivity index (χ0) is 14.3. The number of rotatable bonds is 8. The first-order chi connectivity index (χ1) is 9.06. The number of nitrogens with one attached hydrogen (secondary N) is 1. The Bertz CT molecular complexity index is 380. The van der Waals surface area contributed by atoms with Crippen LogP contribution in [0, 0.1) is 0 Å². The monoisotopic (exact) mass is 283 g/mol. The summed E-state index contributed by atoms with van der Waals surface area (Å²) in [6.45, 7) is 6.03. The Morgan fingerprint density at radius 3 is 2.53 bits per heavy atom. The van der Waals surface area contributed by atoms with E-state index in [-0.39, 0.29) is 0 Å². The van der Waals surface area contributed by atoms with E-state index in [1.54, 1.807) is 0 Å². The van der Waals surface area contributed by atoms with Gasteiger partial charge in [-0.15, -0.1) is 0 Å². The van der Waals surface area contributed by atoms with E-state index < -0.39 is 0 Å². The highest BCUT2D eigenvalue weighted by Crippen LogP contribution is 2.26. The summed E-state index contributed by atoms with van der Waals surface area (Å²) in [6, 6.07) is 6.13. The molecule has 1 N–H and O–H groups in total. The predicted molar refractivity (Wildman–Crippen MR) is 85.3 cm³/mol. The second kappa shape index (κ2) is 8.41. The quantitative estimate of drug-likeness (QED) is 0.791. The smallest absolute Gasteiger partial charge is 0.0471 e. The van der Waals surface area contributed by atoms with Crippen LogP contribution in [0.3, 0.4) is 0 Å². The van der Waals surface area contributed by atoms with Gasteiger partial charge in [0, 0.05) is 36.4 Å². The molecule has 1 aromatic rings.